The topological polar surface area (TPSA) is 54.3 Å². The zero-order valence-corrected chi connectivity index (χ0v) is 14.3. The molecule has 0 bridgehead atoms. The Balaban J connectivity index is 1.55. The molecule has 0 atom stereocenters. The average Bonchev–Trinajstić information content (AvgIpc) is 2.95. The van der Waals surface area contributed by atoms with Crippen molar-refractivity contribution in [2.75, 3.05) is 5.32 Å². The molecule has 0 saturated heterocycles. The lowest BCUT2D eigenvalue weighted by Gasteiger charge is -2.37. The van der Waals surface area contributed by atoms with Crippen LogP contribution in [0.1, 0.15) is 37.3 Å². The minimum atomic E-state index is -0.598. The van der Waals surface area contributed by atoms with Crippen LogP contribution in [0.25, 0.3) is 10.9 Å². The van der Waals surface area contributed by atoms with E-state index in [1.807, 2.05) is 18.2 Å². The molecule has 1 aliphatic carbocycles. The van der Waals surface area contributed by atoms with Crippen LogP contribution in [-0.2, 0) is 16.9 Å². The number of hydrogen-bond donors (Lipinski definition) is 2. The summed E-state index contributed by atoms with van der Waals surface area (Å²) in [6.07, 6.45) is 4.90. The van der Waals surface area contributed by atoms with E-state index >= 15 is 0 Å². The van der Waals surface area contributed by atoms with Crippen LogP contribution in [0.5, 0.6) is 0 Å². The van der Waals surface area contributed by atoms with Crippen molar-refractivity contribution in [3.63, 3.8) is 0 Å². The molecule has 2 N–H and O–H groups in total. The van der Waals surface area contributed by atoms with Gasteiger partial charge in [-0.1, -0.05) is 24.3 Å². The van der Waals surface area contributed by atoms with E-state index in [1.54, 1.807) is 0 Å². The summed E-state index contributed by atoms with van der Waals surface area (Å²) in [7, 11) is 0. The number of nitrogens with one attached hydrogen (secondary N) is 1. The van der Waals surface area contributed by atoms with E-state index in [-0.39, 0.29) is 5.91 Å². The minimum Gasteiger partial charge on any atom is -0.385 e. The molecule has 0 aliphatic heterocycles. The quantitative estimate of drug-likeness (QED) is 0.757. The zero-order valence-electron chi connectivity index (χ0n) is 14.3. The number of fused-ring (bicyclic) bond motifs is 1. The number of anilines is 1. The normalized spacial score (nSPS) is 15.8. The maximum absolute atomic E-state index is 11.2. The Morgan fingerprint density at radius 2 is 1.92 bits per heavy atom. The monoisotopic (exact) mass is 334 g/mol. The predicted octanol–water partition coefficient (Wildman–Crippen LogP) is 4.02. The Labute approximate surface area is 147 Å². The number of amides is 1. The van der Waals surface area contributed by atoms with Crippen molar-refractivity contribution in [1.29, 1.82) is 0 Å². The standard InChI is InChI=1S/C21H22N2O2/c1-15(24)22-19-7-8-20-17(13-19)9-12-23(20)14-16-3-5-18(6-4-16)21(25)10-2-11-21/h3-9,12-13,25H,2,10-11,14H2,1H3,(H,22,24). The molecule has 0 radical (unpaired) electrons. The Morgan fingerprint density at radius 1 is 1.16 bits per heavy atom. The Bertz CT molecular complexity index is 921. The van der Waals surface area contributed by atoms with E-state index in [9.17, 15) is 9.90 Å². The van der Waals surface area contributed by atoms with Crippen LogP contribution in [0, 0.1) is 0 Å². The average molecular weight is 334 g/mol. The van der Waals surface area contributed by atoms with Gasteiger partial charge >= 0.3 is 0 Å². The Hall–Kier alpha value is -2.59. The van der Waals surface area contributed by atoms with E-state index in [0.717, 1.165) is 48.0 Å². The van der Waals surface area contributed by atoms with Crippen molar-refractivity contribution in [1.82, 2.24) is 4.57 Å². The second-order valence-corrected chi connectivity index (χ2v) is 6.98. The molecular formula is C21H22N2O2. The van der Waals surface area contributed by atoms with Gasteiger partial charge in [0.25, 0.3) is 0 Å². The van der Waals surface area contributed by atoms with E-state index in [0.29, 0.717) is 0 Å². The van der Waals surface area contributed by atoms with Crippen molar-refractivity contribution in [3.05, 3.63) is 65.9 Å². The van der Waals surface area contributed by atoms with Crippen LogP contribution in [0.4, 0.5) is 5.69 Å². The minimum absolute atomic E-state index is 0.0630. The first-order chi connectivity index (χ1) is 12.0. The molecule has 1 aromatic heterocycles. The molecule has 0 unspecified atom stereocenters. The van der Waals surface area contributed by atoms with Crippen LogP contribution in [0.2, 0.25) is 0 Å². The third-order valence-electron chi connectivity index (χ3n) is 5.12. The molecule has 1 saturated carbocycles. The van der Waals surface area contributed by atoms with Gasteiger partial charge in [-0.3, -0.25) is 4.79 Å². The highest BCUT2D eigenvalue weighted by molar-refractivity contribution is 5.92. The van der Waals surface area contributed by atoms with Crippen molar-refractivity contribution in [2.45, 2.75) is 38.3 Å². The Kier molecular flexibility index (Phi) is 3.85. The van der Waals surface area contributed by atoms with E-state index < -0.39 is 5.60 Å². The molecule has 1 aliphatic rings. The van der Waals surface area contributed by atoms with Crippen molar-refractivity contribution in [2.24, 2.45) is 0 Å². The van der Waals surface area contributed by atoms with E-state index in [4.69, 9.17) is 0 Å². The maximum Gasteiger partial charge on any atom is 0.221 e. The van der Waals surface area contributed by atoms with Crippen molar-refractivity contribution in [3.8, 4) is 0 Å². The van der Waals surface area contributed by atoms with Crippen LogP contribution in [-0.4, -0.2) is 15.6 Å². The summed E-state index contributed by atoms with van der Waals surface area (Å²) in [5, 5.41) is 14.3. The molecule has 1 heterocycles. The number of aromatic nitrogens is 1. The lowest BCUT2D eigenvalue weighted by molar-refractivity contribution is -0.114. The molecule has 0 spiro atoms. The predicted molar refractivity (Wildman–Crippen MR) is 99.5 cm³/mol. The number of carbonyl (C=O) groups is 1. The second-order valence-electron chi connectivity index (χ2n) is 6.98. The number of aliphatic hydroxyl groups is 1. The van der Waals surface area contributed by atoms with Crippen LogP contribution in [0.3, 0.4) is 0 Å². The van der Waals surface area contributed by atoms with Gasteiger partial charge in [-0.2, -0.15) is 0 Å². The number of benzene rings is 2. The van der Waals surface area contributed by atoms with Gasteiger partial charge in [0.2, 0.25) is 5.91 Å². The molecule has 1 fully saturated rings. The first-order valence-electron chi connectivity index (χ1n) is 8.72. The van der Waals surface area contributed by atoms with Gasteiger partial charge in [0.1, 0.15) is 0 Å². The Morgan fingerprint density at radius 3 is 2.56 bits per heavy atom. The van der Waals surface area contributed by atoms with Gasteiger partial charge in [-0.25, -0.2) is 0 Å². The number of nitrogens with zero attached hydrogens (tertiary/aromatic N) is 1. The van der Waals surface area contributed by atoms with E-state index in [2.05, 4.69) is 46.4 Å². The summed E-state index contributed by atoms with van der Waals surface area (Å²) >= 11 is 0. The maximum atomic E-state index is 11.2. The third kappa shape index (κ3) is 3.05. The molecule has 25 heavy (non-hydrogen) atoms. The van der Waals surface area contributed by atoms with Gasteiger partial charge in [0.05, 0.1) is 5.60 Å². The molecule has 1 amide bonds. The highest BCUT2D eigenvalue weighted by Crippen LogP contribution is 2.40. The SMILES string of the molecule is CC(=O)Nc1ccc2c(ccn2Cc2ccc(C3(O)CCC3)cc2)c1. The summed E-state index contributed by atoms with van der Waals surface area (Å²) in [5.74, 6) is -0.0630. The van der Waals surface area contributed by atoms with Gasteiger partial charge in [0.15, 0.2) is 0 Å². The number of carbonyl (C=O) groups excluding carboxylic acids is 1. The second kappa shape index (κ2) is 6.05. The van der Waals surface area contributed by atoms with Crippen LogP contribution >= 0.6 is 0 Å². The van der Waals surface area contributed by atoms with E-state index in [1.165, 1.54) is 12.5 Å². The first kappa shape index (κ1) is 15.9. The van der Waals surface area contributed by atoms with Gasteiger partial charge in [-0.15, -0.1) is 0 Å². The molecule has 3 aromatic rings. The molecular weight excluding hydrogens is 312 g/mol. The summed E-state index contributed by atoms with van der Waals surface area (Å²) in [4.78, 5) is 11.2. The summed E-state index contributed by atoms with van der Waals surface area (Å²) in [6, 6.07) is 16.3. The highest BCUT2D eigenvalue weighted by atomic mass is 16.3. The molecule has 128 valence electrons. The largest absolute Gasteiger partial charge is 0.385 e. The van der Waals surface area contributed by atoms with Crippen molar-refractivity contribution < 1.29 is 9.90 Å². The number of hydrogen-bond acceptors (Lipinski definition) is 2. The third-order valence-corrected chi connectivity index (χ3v) is 5.12. The van der Waals surface area contributed by atoms with Gasteiger partial charge in [-0.05, 0) is 54.7 Å². The lowest BCUT2D eigenvalue weighted by atomic mass is 9.75. The van der Waals surface area contributed by atoms with Crippen LogP contribution < -0.4 is 5.32 Å². The van der Waals surface area contributed by atoms with Crippen LogP contribution in [0.15, 0.2) is 54.7 Å². The lowest BCUT2D eigenvalue weighted by Crippen LogP contribution is -2.33. The van der Waals surface area contributed by atoms with Crippen molar-refractivity contribution >= 4 is 22.5 Å². The first-order valence-corrected chi connectivity index (χ1v) is 8.72. The summed E-state index contributed by atoms with van der Waals surface area (Å²) < 4.78 is 2.19. The molecule has 4 heteroatoms. The fourth-order valence-electron chi connectivity index (χ4n) is 3.54. The zero-order chi connectivity index (χ0) is 17.4. The van der Waals surface area contributed by atoms with Gasteiger partial charge in [0, 0.05) is 36.3 Å². The van der Waals surface area contributed by atoms with Gasteiger partial charge < -0.3 is 15.0 Å². The smallest absolute Gasteiger partial charge is 0.221 e. The fraction of sp³-hybridized carbons (Fsp3) is 0.286. The highest BCUT2D eigenvalue weighted by Gasteiger charge is 2.35. The summed E-state index contributed by atoms with van der Waals surface area (Å²) in [5.41, 5.74) is 3.58. The fourth-order valence-corrected chi connectivity index (χ4v) is 3.54. The molecule has 4 nitrogen and oxygen atoms in total. The summed E-state index contributed by atoms with van der Waals surface area (Å²) in [6.45, 7) is 2.29. The molecule has 4 rings (SSSR count). The molecule has 2 aromatic carbocycles. The number of rotatable bonds is 4.